The molecule has 0 saturated carbocycles. The van der Waals surface area contributed by atoms with Crippen LogP contribution in [-0.2, 0) is 16.0 Å². The molecule has 0 atom stereocenters. The largest absolute Gasteiger partial charge is 0.463 e. The molecule has 16 heavy (non-hydrogen) atoms. The van der Waals surface area contributed by atoms with Crippen molar-refractivity contribution in [2.24, 2.45) is 0 Å². The third kappa shape index (κ3) is 4.05. The summed E-state index contributed by atoms with van der Waals surface area (Å²) in [7, 11) is 0. The fourth-order valence-electron chi connectivity index (χ4n) is 1.49. The molecule has 1 aromatic rings. The van der Waals surface area contributed by atoms with Gasteiger partial charge in [0.15, 0.2) is 0 Å². The van der Waals surface area contributed by atoms with Crippen LogP contribution < -0.4 is 0 Å². The quantitative estimate of drug-likeness (QED) is 0.728. The van der Waals surface area contributed by atoms with Crippen LogP contribution in [0.25, 0.3) is 0 Å². The first-order valence-corrected chi connectivity index (χ1v) is 5.77. The second kappa shape index (κ2) is 5.69. The highest BCUT2D eigenvalue weighted by atomic mass is 16.5. The Morgan fingerprint density at radius 1 is 1.12 bits per heavy atom. The summed E-state index contributed by atoms with van der Waals surface area (Å²) in [6, 6.07) is 8.14. The summed E-state index contributed by atoms with van der Waals surface area (Å²) in [5.74, 6) is 0.365. The summed E-state index contributed by atoms with van der Waals surface area (Å²) < 4.78 is 5.09. The van der Waals surface area contributed by atoms with Gasteiger partial charge in [-0.2, -0.15) is 0 Å². The number of carbonyl (C=O) groups excluding carboxylic acids is 1. The highest BCUT2D eigenvalue weighted by Crippen LogP contribution is 2.15. The van der Waals surface area contributed by atoms with Crippen LogP contribution in [0.15, 0.2) is 24.3 Å². The predicted molar refractivity (Wildman–Crippen MR) is 65.5 cm³/mol. The van der Waals surface area contributed by atoms with Crippen LogP contribution >= 0.6 is 0 Å². The molecule has 0 radical (unpaired) electrons. The first-order chi connectivity index (χ1) is 7.49. The van der Waals surface area contributed by atoms with Crippen LogP contribution in [0.3, 0.4) is 0 Å². The van der Waals surface area contributed by atoms with Gasteiger partial charge >= 0.3 is 5.97 Å². The molecule has 0 N–H and O–H groups in total. The van der Waals surface area contributed by atoms with Crippen molar-refractivity contribution in [3.8, 4) is 0 Å². The molecule has 0 aromatic heterocycles. The van der Waals surface area contributed by atoms with Crippen molar-refractivity contribution in [1.82, 2.24) is 0 Å². The van der Waals surface area contributed by atoms with E-state index in [4.69, 9.17) is 4.74 Å². The topological polar surface area (TPSA) is 26.3 Å². The minimum atomic E-state index is -0.160. The van der Waals surface area contributed by atoms with Crippen molar-refractivity contribution < 1.29 is 9.53 Å². The van der Waals surface area contributed by atoms with E-state index in [1.807, 2.05) is 26.0 Å². The maximum Gasteiger partial charge on any atom is 0.310 e. The van der Waals surface area contributed by atoms with Crippen molar-refractivity contribution in [2.45, 2.75) is 46.1 Å². The zero-order valence-electron chi connectivity index (χ0n) is 10.5. The highest BCUT2D eigenvalue weighted by Gasteiger charge is 2.07. The van der Waals surface area contributed by atoms with Crippen LogP contribution in [0.2, 0.25) is 0 Å². The Kier molecular flexibility index (Phi) is 4.53. The van der Waals surface area contributed by atoms with Crippen molar-refractivity contribution in [3.63, 3.8) is 0 Å². The lowest BCUT2D eigenvalue weighted by Gasteiger charge is -2.09. The second-order valence-corrected chi connectivity index (χ2v) is 4.61. The zero-order valence-corrected chi connectivity index (χ0v) is 10.5. The Morgan fingerprint density at radius 2 is 1.69 bits per heavy atom. The molecular formula is C14H20O2. The summed E-state index contributed by atoms with van der Waals surface area (Å²) in [4.78, 5) is 11.4. The zero-order chi connectivity index (χ0) is 12.1. The smallest absolute Gasteiger partial charge is 0.310 e. The molecule has 0 saturated heterocycles. The molecule has 0 heterocycles. The molecule has 2 heteroatoms. The summed E-state index contributed by atoms with van der Waals surface area (Å²) in [6.07, 6.45) is 0.318. The average Bonchev–Trinajstić information content (AvgIpc) is 2.16. The van der Waals surface area contributed by atoms with E-state index in [-0.39, 0.29) is 12.1 Å². The lowest BCUT2D eigenvalue weighted by molar-refractivity contribution is -0.146. The van der Waals surface area contributed by atoms with Crippen molar-refractivity contribution in [2.75, 3.05) is 0 Å². The maximum atomic E-state index is 11.4. The summed E-state index contributed by atoms with van der Waals surface area (Å²) in [5, 5.41) is 0. The number of hydrogen-bond acceptors (Lipinski definition) is 2. The minimum Gasteiger partial charge on any atom is -0.463 e. The second-order valence-electron chi connectivity index (χ2n) is 4.61. The van der Waals surface area contributed by atoms with Gasteiger partial charge < -0.3 is 4.74 Å². The van der Waals surface area contributed by atoms with Gasteiger partial charge in [0.2, 0.25) is 0 Å². The number of benzene rings is 1. The molecule has 1 rings (SSSR count). The molecule has 0 aliphatic heterocycles. The van der Waals surface area contributed by atoms with Gasteiger partial charge in [0.25, 0.3) is 0 Å². The van der Waals surface area contributed by atoms with Gasteiger partial charge in [-0.25, -0.2) is 0 Å². The Morgan fingerprint density at radius 3 is 2.12 bits per heavy atom. The molecule has 1 aromatic carbocycles. The van der Waals surface area contributed by atoms with Crippen LogP contribution in [-0.4, -0.2) is 12.1 Å². The van der Waals surface area contributed by atoms with Crippen molar-refractivity contribution >= 4 is 5.97 Å². The molecule has 0 fully saturated rings. The van der Waals surface area contributed by atoms with E-state index in [1.165, 1.54) is 5.56 Å². The molecular weight excluding hydrogens is 200 g/mol. The van der Waals surface area contributed by atoms with Crippen molar-refractivity contribution in [1.29, 1.82) is 0 Å². The fourth-order valence-corrected chi connectivity index (χ4v) is 1.49. The van der Waals surface area contributed by atoms with E-state index in [0.29, 0.717) is 12.3 Å². The van der Waals surface area contributed by atoms with Gasteiger partial charge in [0.05, 0.1) is 12.5 Å². The Hall–Kier alpha value is -1.31. The molecule has 0 aliphatic rings. The first kappa shape index (κ1) is 12.8. The Labute approximate surface area is 97.6 Å². The number of rotatable bonds is 4. The molecule has 0 unspecified atom stereocenters. The molecule has 0 spiro atoms. The molecule has 2 nitrogen and oxygen atoms in total. The molecule has 0 bridgehead atoms. The normalized spacial score (nSPS) is 10.9. The van der Waals surface area contributed by atoms with Gasteiger partial charge in [0.1, 0.15) is 0 Å². The number of esters is 1. The summed E-state index contributed by atoms with van der Waals surface area (Å²) >= 11 is 0. The standard InChI is InChI=1S/C14H20O2/c1-10(2)13-7-5-12(6-8-13)9-14(15)16-11(3)4/h5-8,10-11H,9H2,1-4H3. The molecule has 88 valence electrons. The monoisotopic (exact) mass is 220 g/mol. The Balaban J connectivity index is 2.58. The first-order valence-electron chi connectivity index (χ1n) is 5.77. The van der Waals surface area contributed by atoms with E-state index in [0.717, 1.165) is 5.56 Å². The SMILES string of the molecule is CC(C)OC(=O)Cc1ccc(C(C)C)cc1. The van der Waals surface area contributed by atoms with E-state index >= 15 is 0 Å². The average molecular weight is 220 g/mol. The van der Waals surface area contributed by atoms with Gasteiger partial charge in [-0.1, -0.05) is 38.1 Å². The van der Waals surface area contributed by atoms with Gasteiger partial charge in [-0.3, -0.25) is 4.79 Å². The minimum absolute atomic E-state index is 0.0394. The van der Waals surface area contributed by atoms with Crippen LogP contribution in [0.1, 0.15) is 44.7 Å². The summed E-state index contributed by atoms with van der Waals surface area (Å²) in [5.41, 5.74) is 2.30. The lowest BCUT2D eigenvalue weighted by atomic mass is 10.0. The van der Waals surface area contributed by atoms with Crippen LogP contribution in [0.5, 0.6) is 0 Å². The van der Waals surface area contributed by atoms with Gasteiger partial charge in [-0.15, -0.1) is 0 Å². The number of ether oxygens (including phenoxy) is 1. The fraction of sp³-hybridized carbons (Fsp3) is 0.500. The van der Waals surface area contributed by atoms with Gasteiger partial charge in [0, 0.05) is 0 Å². The van der Waals surface area contributed by atoms with Crippen molar-refractivity contribution in [3.05, 3.63) is 35.4 Å². The molecule has 0 aliphatic carbocycles. The van der Waals surface area contributed by atoms with E-state index in [2.05, 4.69) is 26.0 Å². The third-order valence-electron chi connectivity index (χ3n) is 2.36. The third-order valence-corrected chi connectivity index (χ3v) is 2.36. The predicted octanol–water partition coefficient (Wildman–Crippen LogP) is 3.30. The maximum absolute atomic E-state index is 11.4. The number of hydrogen-bond donors (Lipinski definition) is 0. The number of carbonyl (C=O) groups is 1. The highest BCUT2D eigenvalue weighted by molar-refractivity contribution is 5.72. The van der Waals surface area contributed by atoms with Crippen LogP contribution in [0, 0.1) is 0 Å². The summed E-state index contributed by atoms with van der Waals surface area (Å²) in [6.45, 7) is 8.03. The van der Waals surface area contributed by atoms with E-state index in [1.54, 1.807) is 0 Å². The van der Waals surface area contributed by atoms with E-state index < -0.39 is 0 Å². The molecule has 0 amide bonds. The Bertz CT molecular complexity index is 336. The van der Waals surface area contributed by atoms with Gasteiger partial charge in [-0.05, 0) is 30.9 Å². The van der Waals surface area contributed by atoms with E-state index in [9.17, 15) is 4.79 Å². The van der Waals surface area contributed by atoms with Crippen LogP contribution in [0.4, 0.5) is 0 Å². The lowest BCUT2D eigenvalue weighted by Crippen LogP contribution is -2.13.